The molecule has 1 aliphatic carbocycles. The topological polar surface area (TPSA) is 56.1 Å². The number of thioether (sulfide) groups is 1. The molecule has 0 aromatic rings. The first kappa shape index (κ1) is 15.0. The molecule has 2 saturated heterocycles. The molecule has 6 heteroatoms. The van der Waals surface area contributed by atoms with E-state index in [2.05, 4.69) is 11.4 Å². The van der Waals surface area contributed by atoms with Crippen LogP contribution in [0.3, 0.4) is 0 Å². The lowest BCUT2D eigenvalue weighted by atomic mass is 9.85. The second-order valence-electron chi connectivity index (χ2n) is 5.56. The van der Waals surface area contributed by atoms with Crippen molar-refractivity contribution in [3.8, 4) is 6.07 Å². The van der Waals surface area contributed by atoms with Crippen molar-refractivity contribution >= 4 is 30.1 Å². The number of halogens is 1. The first-order valence-electron chi connectivity index (χ1n) is 6.83. The number of nitrogens with one attached hydrogen (secondary N) is 1. The second kappa shape index (κ2) is 6.34. The fraction of sp³-hybridized carbons (Fsp3) is 0.846. The van der Waals surface area contributed by atoms with Gasteiger partial charge in [0.2, 0.25) is 5.91 Å². The maximum Gasteiger partial charge on any atom is 0.241 e. The number of hydrogen-bond donors (Lipinski definition) is 1. The summed E-state index contributed by atoms with van der Waals surface area (Å²) in [5, 5.41) is 12.6. The lowest BCUT2D eigenvalue weighted by molar-refractivity contribution is -0.132. The quantitative estimate of drug-likeness (QED) is 0.802. The van der Waals surface area contributed by atoms with Crippen molar-refractivity contribution in [1.29, 1.82) is 5.26 Å². The van der Waals surface area contributed by atoms with Crippen molar-refractivity contribution < 1.29 is 4.79 Å². The summed E-state index contributed by atoms with van der Waals surface area (Å²) in [5.74, 6) is 2.29. The summed E-state index contributed by atoms with van der Waals surface area (Å²) in [5.41, 5.74) is 0. The molecule has 0 bridgehead atoms. The predicted molar refractivity (Wildman–Crippen MR) is 78.1 cm³/mol. The van der Waals surface area contributed by atoms with Crippen LogP contribution in [-0.4, -0.2) is 40.6 Å². The largest absolute Gasteiger partial charge is 0.315 e. The summed E-state index contributed by atoms with van der Waals surface area (Å²) >= 11 is 1.68. The predicted octanol–water partition coefficient (Wildman–Crippen LogP) is 1.75. The van der Waals surface area contributed by atoms with E-state index in [1.807, 2.05) is 0 Å². The van der Waals surface area contributed by atoms with Crippen LogP contribution in [0, 0.1) is 17.2 Å². The Bertz CT molecular complexity index is 373. The van der Waals surface area contributed by atoms with E-state index in [0.29, 0.717) is 17.8 Å². The number of nitriles is 1. The van der Waals surface area contributed by atoms with E-state index >= 15 is 0 Å². The number of rotatable bonds is 1. The molecule has 4 atom stereocenters. The molecule has 4 unspecified atom stereocenters. The normalized spacial score (nSPS) is 37.3. The summed E-state index contributed by atoms with van der Waals surface area (Å²) in [7, 11) is 0. The summed E-state index contributed by atoms with van der Waals surface area (Å²) in [6.07, 6.45) is 6.05. The van der Waals surface area contributed by atoms with Crippen LogP contribution in [0.25, 0.3) is 0 Å². The summed E-state index contributed by atoms with van der Waals surface area (Å²) in [6, 6.07) is 2.53. The van der Waals surface area contributed by atoms with E-state index in [1.54, 1.807) is 16.7 Å². The lowest BCUT2D eigenvalue weighted by Gasteiger charge is -2.24. The van der Waals surface area contributed by atoms with Gasteiger partial charge in [0.25, 0.3) is 0 Å². The van der Waals surface area contributed by atoms with Crippen LogP contribution in [0.4, 0.5) is 0 Å². The molecule has 0 aromatic heterocycles. The molecule has 1 N–H and O–H groups in total. The van der Waals surface area contributed by atoms with E-state index in [9.17, 15) is 4.79 Å². The van der Waals surface area contributed by atoms with Gasteiger partial charge in [-0.05, 0) is 25.2 Å². The third-order valence-corrected chi connectivity index (χ3v) is 5.49. The molecule has 2 heterocycles. The van der Waals surface area contributed by atoms with Gasteiger partial charge in [0.05, 0.1) is 18.0 Å². The molecule has 3 aliphatic rings. The van der Waals surface area contributed by atoms with Crippen molar-refractivity contribution in [3.05, 3.63) is 0 Å². The minimum absolute atomic E-state index is 0. The third kappa shape index (κ3) is 2.86. The molecule has 1 amide bonds. The highest BCUT2D eigenvalue weighted by Crippen LogP contribution is 2.34. The molecule has 3 rings (SSSR count). The van der Waals surface area contributed by atoms with Crippen LogP contribution >= 0.6 is 24.2 Å². The molecular formula is C13H20ClN3OS. The number of nitrogens with zero attached hydrogens (tertiary/aromatic N) is 2. The van der Waals surface area contributed by atoms with Gasteiger partial charge in [-0.2, -0.15) is 5.26 Å². The Balaban J connectivity index is 0.00000133. The SMILES string of the molecule is Cl.N#CC1CSCN1C(=O)C1CC2CCCCC2N1. The third-order valence-electron chi connectivity index (χ3n) is 4.48. The zero-order valence-electron chi connectivity index (χ0n) is 10.9. The van der Waals surface area contributed by atoms with Gasteiger partial charge < -0.3 is 10.2 Å². The molecule has 0 spiro atoms. The van der Waals surface area contributed by atoms with Gasteiger partial charge in [-0.15, -0.1) is 24.2 Å². The second-order valence-corrected chi connectivity index (χ2v) is 6.56. The fourth-order valence-corrected chi connectivity index (χ4v) is 4.56. The fourth-order valence-electron chi connectivity index (χ4n) is 3.48. The van der Waals surface area contributed by atoms with Crippen LogP contribution < -0.4 is 5.32 Å². The summed E-state index contributed by atoms with van der Waals surface area (Å²) in [4.78, 5) is 14.2. The zero-order chi connectivity index (χ0) is 12.5. The number of carbonyl (C=O) groups is 1. The van der Waals surface area contributed by atoms with E-state index < -0.39 is 0 Å². The van der Waals surface area contributed by atoms with E-state index in [0.717, 1.165) is 12.2 Å². The van der Waals surface area contributed by atoms with Crippen molar-refractivity contribution in [1.82, 2.24) is 10.2 Å². The van der Waals surface area contributed by atoms with Gasteiger partial charge in [-0.3, -0.25) is 4.79 Å². The molecule has 1 saturated carbocycles. The highest BCUT2D eigenvalue weighted by molar-refractivity contribution is 7.99. The van der Waals surface area contributed by atoms with E-state index in [-0.39, 0.29) is 30.4 Å². The average Bonchev–Trinajstić information content (AvgIpc) is 3.03. The maximum atomic E-state index is 12.5. The van der Waals surface area contributed by atoms with Gasteiger partial charge in [0, 0.05) is 11.8 Å². The van der Waals surface area contributed by atoms with Crippen molar-refractivity contribution in [3.63, 3.8) is 0 Å². The summed E-state index contributed by atoms with van der Waals surface area (Å²) < 4.78 is 0. The maximum absolute atomic E-state index is 12.5. The Morgan fingerprint density at radius 3 is 2.89 bits per heavy atom. The van der Waals surface area contributed by atoms with Crippen LogP contribution in [0.15, 0.2) is 0 Å². The van der Waals surface area contributed by atoms with Gasteiger partial charge in [0.1, 0.15) is 6.04 Å². The number of hydrogen-bond acceptors (Lipinski definition) is 4. The smallest absolute Gasteiger partial charge is 0.241 e. The molecule has 106 valence electrons. The van der Waals surface area contributed by atoms with Crippen LogP contribution in [0.5, 0.6) is 0 Å². The van der Waals surface area contributed by atoms with Gasteiger partial charge in [-0.25, -0.2) is 0 Å². The Hall–Kier alpha value is -0.440. The van der Waals surface area contributed by atoms with Gasteiger partial charge in [0.15, 0.2) is 0 Å². The van der Waals surface area contributed by atoms with E-state index in [1.165, 1.54) is 25.7 Å². The first-order chi connectivity index (χ1) is 8.79. The van der Waals surface area contributed by atoms with Gasteiger partial charge in [-0.1, -0.05) is 12.8 Å². The molecule has 19 heavy (non-hydrogen) atoms. The molecule has 2 aliphatic heterocycles. The minimum Gasteiger partial charge on any atom is -0.315 e. The van der Waals surface area contributed by atoms with E-state index in [4.69, 9.17) is 5.26 Å². The Kier molecular flexibility index (Phi) is 4.99. The van der Waals surface area contributed by atoms with Crippen molar-refractivity contribution in [2.75, 3.05) is 11.6 Å². The molecular weight excluding hydrogens is 282 g/mol. The van der Waals surface area contributed by atoms with Crippen molar-refractivity contribution in [2.45, 2.75) is 50.2 Å². The molecule has 3 fully saturated rings. The molecule has 4 nitrogen and oxygen atoms in total. The lowest BCUT2D eigenvalue weighted by Crippen LogP contribution is -2.47. The van der Waals surface area contributed by atoms with Crippen LogP contribution in [0.2, 0.25) is 0 Å². The average molecular weight is 302 g/mol. The molecule has 0 aromatic carbocycles. The minimum atomic E-state index is -0.216. The summed E-state index contributed by atoms with van der Waals surface area (Å²) in [6.45, 7) is 0. The van der Waals surface area contributed by atoms with Gasteiger partial charge >= 0.3 is 0 Å². The Morgan fingerprint density at radius 2 is 2.16 bits per heavy atom. The Morgan fingerprint density at radius 1 is 1.37 bits per heavy atom. The monoisotopic (exact) mass is 301 g/mol. The standard InChI is InChI=1S/C13H19N3OS.ClH/c14-6-10-7-18-8-16(10)13(17)12-5-9-3-1-2-4-11(9)15-12;/h9-12,15H,1-5,7-8H2;1H. The highest BCUT2D eigenvalue weighted by atomic mass is 35.5. The zero-order valence-corrected chi connectivity index (χ0v) is 12.5. The highest BCUT2D eigenvalue weighted by Gasteiger charge is 2.41. The number of amides is 1. The number of fused-ring (bicyclic) bond motifs is 1. The first-order valence-corrected chi connectivity index (χ1v) is 7.99. The van der Waals surface area contributed by atoms with Crippen LogP contribution in [-0.2, 0) is 4.79 Å². The Labute approximate surface area is 124 Å². The van der Waals surface area contributed by atoms with Crippen LogP contribution in [0.1, 0.15) is 32.1 Å². The van der Waals surface area contributed by atoms with Crippen molar-refractivity contribution in [2.24, 2.45) is 5.92 Å². The number of carbonyl (C=O) groups excluding carboxylic acids is 1. The molecule has 0 radical (unpaired) electrons.